The van der Waals surface area contributed by atoms with Crippen molar-refractivity contribution in [1.29, 1.82) is 0 Å². The highest BCUT2D eigenvalue weighted by molar-refractivity contribution is 6.15. The first-order chi connectivity index (χ1) is 18.0. The summed E-state index contributed by atoms with van der Waals surface area (Å²) in [6.07, 6.45) is -3.86. The van der Waals surface area contributed by atoms with E-state index in [-0.39, 0.29) is 11.1 Å². The third-order valence-electron chi connectivity index (χ3n) is 6.93. The molecule has 7 heteroatoms. The number of carbonyl (C=O) groups is 2. The van der Waals surface area contributed by atoms with E-state index in [1.54, 1.807) is 54.1 Å². The van der Waals surface area contributed by atoms with Crippen molar-refractivity contribution in [3.63, 3.8) is 0 Å². The molecule has 4 aromatic carbocycles. The largest absolute Gasteiger partial charge is 0.416 e. The van der Waals surface area contributed by atoms with Crippen LogP contribution >= 0.6 is 0 Å². The quantitative estimate of drug-likeness (QED) is 0.230. The summed E-state index contributed by atoms with van der Waals surface area (Å²) in [6, 6.07) is 19.6. The number of benzene rings is 4. The number of rotatable bonds is 4. The molecule has 192 valence electrons. The maximum Gasteiger partial charge on any atom is 0.416 e. The van der Waals surface area contributed by atoms with Gasteiger partial charge in [0, 0.05) is 29.1 Å². The number of para-hydroxylation sites is 1. The molecule has 0 aliphatic heterocycles. The van der Waals surface area contributed by atoms with Gasteiger partial charge in [0.1, 0.15) is 0 Å². The fraction of sp³-hybridized carbons (Fsp3) is 0.161. The summed E-state index contributed by atoms with van der Waals surface area (Å²) in [6.45, 7) is 5.84. The van der Waals surface area contributed by atoms with Gasteiger partial charge in [0.15, 0.2) is 6.29 Å². The Morgan fingerprint density at radius 2 is 1.50 bits per heavy atom. The normalized spacial score (nSPS) is 11.8. The number of fused-ring (bicyclic) bond motifs is 3. The van der Waals surface area contributed by atoms with Crippen LogP contribution in [0, 0.1) is 20.8 Å². The van der Waals surface area contributed by atoms with E-state index in [9.17, 15) is 22.8 Å². The number of aromatic nitrogens is 1. The zero-order valence-corrected chi connectivity index (χ0v) is 21.4. The third kappa shape index (κ3) is 4.04. The number of hydrogen-bond acceptors (Lipinski definition) is 2. The SMILES string of the molecule is Cc1cc(C)c(N(C)C(=O)c2c(C=O)cccc2-n2c3ccccc3c3cc(C(F)(F)F)ccc32)c(C)c1. The molecule has 0 spiro atoms. The Hall–Kier alpha value is -4.39. The van der Waals surface area contributed by atoms with E-state index < -0.39 is 17.6 Å². The van der Waals surface area contributed by atoms with Crippen molar-refractivity contribution in [3.05, 3.63) is 106 Å². The third-order valence-corrected chi connectivity index (χ3v) is 6.93. The molecule has 0 N–H and O–H groups in total. The van der Waals surface area contributed by atoms with Crippen molar-refractivity contribution in [1.82, 2.24) is 4.57 Å². The lowest BCUT2D eigenvalue weighted by atomic mass is 10.0. The molecule has 0 saturated carbocycles. The highest BCUT2D eigenvalue weighted by Gasteiger charge is 2.32. The van der Waals surface area contributed by atoms with Crippen LogP contribution in [0.1, 0.15) is 43.0 Å². The van der Waals surface area contributed by atoms with Crippen LogP contribution in [0.3, 0.4) is 0 Å². The number of aryl methyl sites for hydroxylation is 3. The molecule has 1 amide bonds. The molecule has 0 radical (unpaired) electrons. The van der Waals surface area contributed by atoms with Gasteiger partial charge in [0.25, 0.3) is 5.91 Å². The van der Waals surface area contributed by atoms with E-state index in [0.29, 0.717) is 33.8 Å². The first kappa shape index (κ1) is 25.3. The molecule has 1 aromatic heterocycles. The number of alkyl halides is 3. The van der Waals surface area contributed by atoms with Gasteiger partial charge in [-0.2, -0.15) is 13.2 Å². The average molecular weight is 515 g/mol. The van der Waals surface area contributed by atoms with Crippen molar-refractivity contribution in [2.75, 3.05) is 11.9 Å². The Labute approximate surface area is 217 Å². The van der Waals surface area contributed by atoms with Crippen LogP contribution in [0.2, 0.25) is 0 Å². The topological polar surface area (TPSA) is 42.3 Å². The minimum absolute atomic E-state index is 0.173. The minimum Gasteiger partial charge on any atom is -0.311 e. The molecule has 5 rings (SSSR count). The molecule has 0 aliphatic carbocycles. The predicted octanol–water partition coefficient (Wildman–Crippen LogP) is 7.82. The van der Waals surface area contributed by atoms with E-state index in [2.05, 4.69) is 0 Å². The number of nitrogens with zero attached hydrogens (tertiary/aromatic N) is 2. The summed E-state index contributed by atoms with van der Waals surface area (Å²) in [5, 5.41) is 1.02. The number of halogens is 3. The van der Waals surface area contributed by atoms with Crippen molar-refractivity contribution in [2.24, 2.45) is 0 Å². The van der Waals surface area contributed by atoms with Gasteiger partial charge >= 0.3 is 6.18 Å². The van der Waals surface area contributed by atoms with Crippen LogP contribution in [0.4, 0.5) is 18.9 Å². The highest BCUT2D eigenvalue weighted by atomic mass is 19.4. The van der Waals surface area contributed by atoms with Crippen LogP contribution < -0.4 is 4.90 Å². The van der Waals surface area contributed by atoms with E-state index in [1.165, 1.54) is 11.0 Å². The zero-order valence-electron chi connectivity index (χ0n) is 21.4. The summed E-state index contributed by atoms with van der Waals surface area (Å²) in [4.78, 5) is 27.8. The second kappa shape index (κ2) is 9.17. The summed E-state index contributed by atoms with van der Waals surface area (Å²) >= 11 is 0. The number of hydrogen-bond donors (Lipinski definition) is 0. The number of carbonyl (C=O) groups excluding carboxylic acids is 2. The highest BCUT2D eigenvalue weighted by Crippen LogP contribution is 2.38. The van der Waals surface area contributed by atoms with E-state index >= 15 is 0 Å². The predicted molar refractivity (Wildman–Crippen MR) is 145 cm³/mol. The van der Waals surface area contributed by atoms with Gasteiger partial charge in [-0.3, -0.25) is 9.59 Å². The molecule has 0 aliphatic rings. The van der Waals surface area contributed by atoms with Crippen molar-refractivity contribution < 1.29 is 22.8 Å². The van der Waals surface area contributed by atoms with E-state index in [1.807, 2.05) is 32.9 Å². The molecule has 5 aromatic rings. The molecule has 4 nitrogen and oxygen atoms in total. The summed E-state index contributed by atoms with van der Waals surface area (Å²) in [5.41, 5.74) is 4.81. The lowest BCUT2D eigenvalue weighted by Gasteiger charge is -2.25. The van der Waals surface area contributed by atoms with Crippen LogP contribution in [-0.2, 0) is 6.18 Å². The molecule has 0 saturated heterocycles. The first-order valence-corrected chi connectivity index (χ1v) is 12.1. The maximum atomic E-state index is 14.1. The Bertz CT molecular complexity index is 1730. The maximum absolute atomic E-state index is 14.1. The molecule has 0 atom stereocenters. The van der Waals surface area contributed by atoms with Crippen LogP contribution in [0.5, 0.6) is 0 Å². The first-order valence-electron chi connectivity index (χ1n) is 12.1. The van der Waals surface area contributed by atoms with Crippen molar-refractivity contribution in [2.45, 2.75) is 26.9 Å². The van der Waals surface area contributed by atoms with Gasteiger partial charge in [0.05, 0.1) is 27.8 Å². The molecule has 0 unspecified atom stereocenters. The van der Waals surface area contributed by atoms with E-state index in [0.717, 1.165) is 34.5 Å². The van der Waals surface area contributed by atoms with Crippen LogP contribution in [0.15, 0.2) is 72.8 Å². The molecule has 1 heterocycles. The smallest absolute Gasteiger partial charge is 0.311 e. The molecule has 0 bridgehead atoms. The Morgan fingerprint density at radius 1 is 0.842 bits per heavy atom. The van der Waals surface area contributed by atoms with Crippen LogP contribution in [-0.4, -0.2) is 23.8 Å². The number of aldehydes is 1. The van der Waals surface area contributed by atoms with Gasteiger partial charge in [-0.15, -0.1) is 0 Å². The summed E-state index contributed by atoms with van der Waals surface area (Å²) in [5.74, 6) is -0.393. The molecule has 38 heavy (non-hydrogen) atoms. The lowest BCUT2D eigenvalue weighted by Crippen LogP contribution is -2.30. The Balaban J connectivity index is 1.80. The fourth-order valence-corrected chi connectivity index (χ4v) is 5.45. The van der Waals surface area contributed by atoms with Crippen LogP contribution in [0.25, 0.3) is 27.5 Å². The lowest BCUT2D eigenvalue weighted by molar-refractivity contribution is -0.137. The Kier molecular flexibility index (Phi) is 6.10. The van der Waals surface area contributed by atoms with Gasteiger partial charge < -0.3 is 9.47 Å². The second-order valence-electron chi connectivity index (χ2n) is 9.55. The van der Waals surface area contributed by atoms with E-state index in [4.69, 9.17) is 0 Å². The molecular weight excluding hydrogens is 489 g/mol. The van der Waals surface area contributed by atoms with Crippen molar-refractivity contribution in [3.8, 4) is 5.69 Å². The fourth-order valence-electron chi connectivity index (χ4n) is 5.45. The average Bonchev–Trinajstić information content (AvgIpc) is 3.20. The zero-order chi connectivity index (χ0) is 27.4. The number of amides is 1. The standard InChI is InChI=1S/C31H25F3N2O2/c1-18-14-19(2)29(20(3)15-18)35(4)30(38)28-21(17-37)8-7-11-27(28)36-25-10-6-5-9-23(25)24-16-22(31(32,33)34)12-13-26(24)36/h5-17H,1-4H3. The molecular formula is C31H25F3N2O2. The van der Waals surface area contributed by atoms with Gasteiger partial charge in [-0.1, -0.05) is 48.0 Å². The Morgan fingerprint density at radius 3 is 2.16 bits per heavy atom. The minimum atomic E-state index is -4.50. The number of anilines is 1. The second-order valence-corrected chi connectivity index (χ2v) is 9.55. The van der Waals surface area contributed by atoms with Gasteiger partial charge in [-0.25, -0.2) is 0 Å². The summed E-state index contributed by atoms with van der Waals surface area (Å²) in [7, 11) is 1.67. The van der Waals surface area contributed by atoms with Gasteiger partial charge in [-0.05, 0) is 62.2 Å². The summed E-state index contributed by atoms with van der Waals surface area (Å²) < 4.78 is 42.4. The monoisotopic (exact) mass is 514 g/mol. The van der Waals surface area contributed by atoms with Crippen molar-refractivity contribution >= 4 is 39.7 Å². The van der Waals surface area contributed by atoms with Gasteiger partial charge in [0.2, 0.25) is 0 Å². The molecule has 0 fully saturated rings.